The minimum atomic E-state index is -0.642. The minimum absolute atomic E-state index is 0.0674. The Hall–Kier alpha value is -3.29. The number of para-hydroxylation sites is 1. The number of hydrogen-bond acceptors (Lipinski definition) is 6. The van der Waals surface area contributed by atoms with Gasteiger partial charge < -0.3 is 10.2 Å². The van der Waals surface area contributed by atoms with Gasteiger partial charge in [0.05, 0.1) is 11.5 Å². The second kappa shape index (κ2) is 6.70. The molecule has 8 heteroatoms. The lowest BCUT2D eigenvalue weighted by Crippen LogP contribution is -2.37. The molecule has 8 nitrogen and oxygen atoms in total. The molecule has 0 saturated carbocycles. The van der Waals surface area contributed by atoms with E-state index in [1.807, 2.05) is 30.3 Å². The SMILES string of the molecule is O=C1CC2C(=O)N(c3ccccc3)C=Nc3nc(N4CCCCC4)nc(c32)N1. The first kappa shape index (κ1) is 16.9. The molecule has 1 aromatic heterocycles. The fourth-order valence-corrected chi connectivity index (χ4v) is 4.00. The Bertz CT molecular complexity index is 968. The van der Waals surface area contributed by atoms with Crippen molar-refractivity contribution >= 4 is 41.4 Å². The van der Waals surface area contributed by atoms with Gasteiger partial charge in [0.15, 0.2) is 5.82 Å². The van der Waals surface area contributed by atoms with Crippen molar-refractivity contribution in [2.45, 2.75) is 31.6 Å². The molecule has 3 aliphatic rings. The van der Waals surface area contributed by atoms with Crippen LogP contribution < -0.4 is 15.1 Å². The monoisotopic (exact) mass is 376 g/mol. The number of carbonyl (C=O) groups is 2. The maximum Gasteiger partial charge on any atom is 0.240 e. The number of amides is 2. The van der Waals surface area contributed by atoms with Gasteiger partial charge in [-0.2, -0.15) is 9.97 Å². The molecule has 1 atom stereocenters. The van der Waals surface area contributed by atoms with E-state index in [0.29, 0.717) is 28.8 Å². The quantitative estimate of drug-likeness (QED) is 0.870. The van der Waals surface area contributed by atoms with E-state index in [4.69, 9.17) is 0 Å². The van der Waals surface area contributed by atoms with E-state index in [9.17, 15) is 9.59 Å². The zero-order valence-electron chi connectivity index (χ0n) is 15.3. The molecular formula is C20H20N6O2. The van der Waals surface area contributed by atoms with E-state index < -0.39 is 5.92 Å². The number of carbonyl (C=O) groups excluding carboxylic acids is 2. The molecule has 0 spiro atoms. The number of aromatic nitrogens is 2. The Balaban J connectivity index is 1.62. The average Bonchev–Trinajstić information content (AvgIpc) is 2.87. The van der Waals surface area contributed by atoms with Crippen LogP contribution in [0.3, 0.4) is 0 Å². The van der Waals surface area contributed by atoms with Gasteiger partial charge in [0, 0.05) is 25.2 Å². The molecule has 4 heterocycles. The first-order valence-electron chi connectivity index (χ1n) is 9.60. The van der Waals surface area contributed by atoms with Crippen molar-refractivity contribution in [3.8, 4) is 0 Å². The molecular weight excluding hydrogens is 356 g/mol. The van der Waals surface area contributed by atoms with Gasteiger partial charge in [-0.3, -0.25) is 14.5 Å². The van der Waals surface area contributed by atoms with Crippen LogP contribution in [0.2, 0.25) is 0 Å². The first-order chi connectivity index (χ1) is 13.7. The van der Waals surface area contributed by atoms with Crippen molar-refractivity contribution < 1.29 is 9.59 Å². The van der Waals surface area contributed by atoms with Gasteiger partial charge in [0.25, 0.3) is 0 Å². The Morgan fingerprint density at radius 3 is 2.57 bits per heavy atom. The maximum absolute atomic E-state index is 13.2. The van der Waals surface area contributed by atoms with Crippen LogP contribution in [0.4, 0.5) is 23.3 Å². The van der Waals surface area contributed by atoms with Crippen LogP contribution in [0.15, 0.2) is 35.3 Å². The van der Waals surface area contributed by atoms with Crippen LogP contribution in [0.25, 0.3) is 0 Å². The molecule has 2 aromatic rings. The first-order valence-corrected chi connectivity index (χ1v) is 9.60. The molecule has 1 N–H and O–H groups in total. The third-order valence-electron chi connectivity index (χ3n) is 5.41. The fraction of sp³-hybridized carbons (Fsp3) is 0.350. The number of nitrogens with one attached hydrogen (secondary N) is 1. The summed E-state index contributed by atoms with van der Waals surface area (Å²) in [5.41, 5.74) is 1.32. The maximum atomic E-state index is 13.2. The highest BCUT2D eigenvalue weighted by Crippen LogP contribution is 2.41. The van der Waals surface area contributed by atoms with Crippen molar-refractivity contribution in [2.24, 2.45) is 4.99 Å². The number of nitrogens with zero attached hydrogens (tertiary/aromatic N) is 5. The smallest absolute Gasteiger partial charge is 0.240 e. The third-order valence-corrected chi connectivity index (χ3v) is 5.41. The summed E-state index contributed by atoms with van der Waals surface area (Å²) >= 11 is 0. The Labute approximate surface area is 162 Å². The lowest BCUT2D eigenvalue weighted by Gasteiger charge is -2.30. The lowest BCUT2D eigenvalue weighted by molar-refractivity contribution is -0.123. The fourth-order valence-electron chi connectivity index (χ4n) is 4.00. The van der Waals surface area contributed by atoms with Gasteiger partial charge in [-0.15, -0.1) is 0 Å². The summed E-state index contributed by atoms with van der Waals surface area (Å²) in [4.78, 5) is 43.0. The van der Waals surface area contributed by atoms with E-state index >= 15 is 0 Å². The summed E-state index contributed by atoms with van der Waals surface area (Å²) in [5, 5.41) is 2.82. The second-order valence-electron chi connectivity index (χ2n) is 7.25. The number of aliphatic imine (C=N–C) groups is 1. The largest absolute Gasteiger partial charge is 0.341 e. The molecule has 1 aromatic carbocycles. The molecule has 0 bridgehead atoms. The number of piperidine rings is 1. The zero-order chi connectivity index (χ0) is 19.1. The van der Waals surface area contributed by atoms with Crippen LogP contribution in [0.5, 0.6) is 0 Å². The lowest BCUT2D eigenvalue weighted by atomic mass is 9.91. The van der Waals surface area contributed by atoms with Gasteiger partial charge in [0.1, 0.15) is 12.2 Å². The Kier molecular flexibility index (Phi) is 4.03. The van der Waals surface area contributed by atoms with Crippen LogP contribution >= 0.6 is 0 Å². The van der Waals surface area contributed by atoms with Crippen molar-refractivity contribution in [1.29, 1.82) is 0 Å². The van der Waals surface area contributed by atoms with Crippen LogP contribution in [0.1, 0.15) is 37.2 Å². The predicted molar refractivity (Wildman–Crippen MR) is 106 cm³/mol. The van der Waals surface area contributed by atoms with Crippen molar-refractivity contribution in [3.05, 3.63) is 35.9 Å². The van der Waals surface area contributed by atoms with Crippen LogP contribution in [-0.2, 0) is 9.59 Å². The van der Waals surface area contributed by atoms with E-state index in [2.05, 4.69) is 25.2 Å². The molecule has 142 valence electrons. The predicted octanol–water partition coefficient (Wildman–Crippen LogP) is 2.60. The van der Waals surface area contributed by atoms with Gasteiger partial charge in [-0.1, -0.05) is 18.2 Å². The topological polar surface area (TPSA) is 90.8 Å². The Morgan fingerprint density at radius 1 is 1.00 bits per heavy atom. The molecule has 3 aliphatic heterocycles. The van der Waals surface area contributed by atoms with E-state index in [1.54, 1.807) is 0 Å². The third kappa shape index (κ3) is 2.81. The molecule has 1 fully saturated rings. The number of hydrogen-bond donors (Lipinski definition) is 1. The molecule has 0 radical (unpaired) electrons. The molecule has 2 amide bonds. The van der Waals surface area contributed by atoms with E-state index in [-0.39, 0.29) is 18.2 Å². The zero-order valence-corrected chi connectivity index (χ0v) is 15.3. The minimum Gasteiger partial charge on any atom is -0.341 e. The molecule has 1 unspecified atom stereocenters. The molecule has 28 heavy (non-hydrogen) atoms. The standard InChI is InChI=1S/C20H20N6O2/c27-15-11-14-16-17(21-12-26(19(14)28)13-7-3-1-4-8-13)23-20(24-18(16)22-15)25-9-5-2-6-10-25/h1,3-4,7-8,12,14H,2,5-6,9-11H2,(H,22,23,24,27). The summed E-state index contributed by atoms with van der Waals surface area (Å²) in [6.45, 7) is 1.77. The van der Waals surface area contributed by atoms with Crippen LogP contribution in [0, 0.1) is 0 Å². The molecule has 0 aliphatic carbocycles. The number of rotatable bonds is 2. The van der Waals surface area contributed by atoms with Gasteiger partial charge in [-0.05, 0) is 31.4 Å². The highest BCUT2D eigenvalue weighted by Gasteiger charge is 2.39. The number of benzene rings is 1. The summed E-state index contributed by atoms with van der Waals surface area (Å²) in [5.74, 6) is 0.382. The summed E-state index contributed by atoms with van der Waals surface area (Å²) in [7, 11) is 0. The highest BCUT2D eigenvalue weighted by molar-refractivity contribution is 6.16. The van der Waals surface area contributed by atoms with Gasteiger partial charge in [0.2, 0.25) is 17.8 Å². The van der Waals surface area contributed by atoms with Gasteiger partial charge >= 0.3 is 0 Å². The second-order valence-corrected chi connectivity index (χ2v) is 7.25. The summed E-state index contributed by atoms with van der Waals surface area (Å²) in [6.07, 6.45) is 4.95. The molecule has 1 saturated heterocycles. The van der Waals surface area contributed by atoms with Crippen LogP contribution in [-0.4, -0.2) is 41.2 Å². The summed E-state index contributed by atoms with van der Waals surface area (Å²) < 4.78 is 0. The van der Waals surface area contributed by atoms with Crippen molar-refractivity contribution in [1.82, 2.24) is 9.97 Å². The number of anilines is 3. The molecule has 5 rings (SSSR count). The highest BCUT2D eigenvalue weighted by atomic mass is 16.2. The normalized spacial score (nSPS) is 21.2. The summed E-state index contributed by atoms with van der Waals surface area (Å²) in [6, 6.07) is 9.30. The van der Waals surface area contributed by atoms with E-state index in [1.165, 1.54) is 17.7 Å². The van der Waals surface area contributed by atoms with Crippen molar-refractivity contribution in [3.63, 3.8) is 0 Å². The Morgan fingerprint density at radius 2 is 1.79 bits per heavy atom. The van der Waals surface area contributed by atoms with Gasteiger partial charge in [-0.25, -0.2) is 4.99 Å². The van der Waals surface area contributed by atoms with E-state index in [0.717, 1.165) is 25.9 Å². The van der Waals surface area contributed by atoms with Crippen molar-refractivity contribution in [2.75, 3.05) is 28.2 Å². The average molecular weight is 376 g/mol.